The number of hydrogen-bond donors (Lipinski definition) is 2. The molecule has 2 aromatic carbocycles. The van der Waals surface area contributed by atoms with Gasteiger partial charge in [0.15, 0.2) is 5.82 Å². The predicted molar refractivity (Wildman–Crippen MR) is 111 cm³/mol. The second kappa shape index (κ2) is 8.13. The van der Waals surface area contributed by atoms with Crippen LogP contribution in [0.3, 0.4) is 0 Å². The smallest absolute Gasteiger partial charge is 0.242 e. The van der Waals surface area contributed by atoms with Crippen molar-refractivity contribution in [2.75, 3.05) is 5.32 Å². The number of tetrazole rings is 1. The third-order valence-electron chi connectivity index (χ3n) is 4.62. The van der Waals surface area contributed by atoms with Crippen LogP contribution in [0.5, 0.6) is 0 Å². The Labute approximate surface area is 178 Å². The van der Waals surface area contributed by atoms with E-state index in [2.05, 4.69) is 25.6 Å². The number of halogens is 1. The van der Waals surface area contributed by atoms with E-state index in [4.69, 9.17) is 11.6 Å². The molecule has 1 aliphatic rings. The average molecular weight is 447 g/mol. The number of nitrogens with one attached hydrogen (secondary N) is 2. The van der Waals surface area contributed by atoms with Crippen LogP contribution in [0.25, 0.3) is 11.4 Å². The molecule has 1 amide bonds. The number of amides is 1. The van der Waals surface area contributed by atoms with Crippen LogP contribution in [0.4, 0.5) is 5.69 Å². The van der Waals surface area contributed by atoms with Crippen LogP contribution in [0.1, 0.15) is 25.8 Å². The van der Waals surface area contributed by atoms with Crippen LogP contribution in [0.15, 0.2) is 53.4 Å². The maximum Gasteiger partial charge on any atom is 0.242 e. The number of sulfonamides is 1. The minimum Gasteiger partial charge on any atom is -0.325 e. The van der Waals surface area contributed by atoms with E-state index < -0.39 is 22.0 Å². The van der Waals surface area contributed by atoms with E-state index in [0.717, 1.165) is 18.4 Å². The van der Waals surface area contributed by atoms with Crippen molar-refractivity contribution in [3.8, 4) is 11.4 Å². The summed E-state index contributed by atoms with van der Waals surface area (Å²) in [6.07, 6.45) is 2.08. The fraction of sp³-hybridized carbons (Fsp3) is 0.263. The second-order valence-electron chi connectivity index (χ2n) is 7.05. The molecule has 2 N–H and O–H groups in total. The van der Waals surface area contributed by atoms with Crippen molar-refractivity contribution in [2.45, 2.75) is 36.7 Å². The maximum absolute atomic E-state index is 12.6. The summed E-state index contributed by atoms with van der Waals surface area (Å²) in [5, 5.41) is 15.0. The summed E-state index contributed by atoms with van der Waals surface area (Å²) >= 11 is 5.80. The van der Waals surface area contributed by atoms with Crippen molar-refractivity contribution in [3.05, 3.63) is 53.6 Å². The van der Waals surface area contributed by atoms with Crippen molar-refractivity contribution in [2.24, 2.45) is 0 Å². The Bertz CT molecular complexity index is 1170. The summed E-state index contributed by atoms with van der Waals surface area (Å²) < 4.78 is 29.1. The van der Waals surface area contributed by atoms with Gasteiger partial charge in [0, 0.05) is 16.3 Å². The summed E-state index contributed by atoms with van der Waals surface area (Å²) in [7, 11) is -3.86. The first-order valence-corrected chi connectivity index (χ1v) is 11.2. The molecule has 4 rings (SSSR count). The summed E-state index contributed by atoms with van der Waals surface area (Å²) in [5.74, 6) is 0.136. The van der Waals surface area contributed by atoms with Crippen LogP contribution in [0.2, 0.25) is 5.02 Å². The summed E-state index contributed by atoms with van der Waals surface area (Å²) in [5.41, 5.74) is 1.28. The molecule has 156 valence electrons. The maximum atomic E-state index is 12.6. The number of carbonyl (C=O) groups is 1. The second-order valence-corrected chi connectivity index (χ2v) is 9.20. The fourth-order valence-corrected chi connectivity index (χ4v) is 4.23. The monoisotopic (exact) mass is 446 g/mol. The summed E-state index contributed by atoms with van der Waals surface area (Å²) in [6.45, 7) is 1.47. The number of aromatic nitrogens is 4. The van der Waals surface area contributed by atoms with Crippen molar-refractivity contribution >= 4 is 33.2 Å². The molecule has 0 spiro atoms. The Morgan fingerprint density at radius 2 is 1.93 bits per heavy atom. The molecule has 0 unspecified atom stereocenters. The Kier molecular flexibility index (Phi) is 5.54. The van der Waals surface area contributed by atoms with Gasteiger partial charge in [-0.25, -0.2) is 13.1 Å². The van der Waals surface area contributed by atoms with Crippen molar-refractivity contribution in [1.29, 1.82) is 0 Å². The molecule has 1 atom stereocenters. The first kappa shape index (κ1) is 20.5. The molecule has 1 fully saturated rings. The molecule has 1 heterocycles. The van der Waals surface area contributed by atoms with Gasteiger partial charge in [-0.05, 0) is 66.6 Å². The van der Waals surface area contributed by atoms with Gasteiger partial charge < -0.3 is 5.32 Å². The lowest BCUT2D eigenvalue weighted by molar-refractivity contribution is -0.117. The molecule has 1 aliphatic carbocycles. The quantitative estimate of drug-likeness (QED) is 0.575. The lowest BCUT2D eigenvalue weighted by Gasteiger charge is -2.15. The summed E-state index contributed by atoms with van der Waals surface area (Å²) in [6, 6.07) is 12.1. The number of rotatable bonds is 7. The zero-order valence-corrected chi connectivity index (χ0v) is 17.6. The molecule has 1 aromatic heterocycles. The van der Waals surface area contributed by atoms with Gasteiger partial charge in [-0.3, -0.25) is 4.79 Å². The molecule has 0 aliphatic heterocycles. The van der Waals surface area contributed by atoms with Crippen molar-refractivity contribution in [1.82, 2.24) is 24.9 Å². The predicted octanol–water partition coefficient (Wildman–Crippen LogP) is 2.63. The Morgan fingerprint density at radius 1 is 1.20 bits per heavy atom. The van der Waals surface area contributed by atoms with E-state index >= 15 is 0 Å². The highest BCUT2D eigenvalue weighted by Crippen LogP contribution is 2.36. The SMILES string of the molecule is C[C@H](NS(=O)(=O)c1ccc(Cl)cc1)C(=O)Nc1cccc(-c2nnnn2C2CC2)c1. The van der Waals surface area contributed by atoms with E-state index in [1.54, 1.807) is 22.9 Å². The Balaban J connectivity index is 1.46. The zero-order valence-electron chi connectivity index (χ0n) is 16.0. The number of anilines is 1. The molecule has 9 nitrogen and oxygen atoms in total. The third kappa shape index (κ3) is 4.50. The molecule has 1 saturated carbocycles. The normalized spacial score (nSPS) is 15.0. The highest BCUT2D eigenvalue weighted by atomic mass is 35.5. The van der Waals surface area contributed by atoms with Crippen LogP contribution < -0.4 is 10.0 Å². The van der Waals surface area contributed by atoms with Gasteiger partial charge in [0.2, 0.25) is 15.9 Å². The van der Waals surface area contributed by atoms with Gasteiger partial charge in [0.25, 0.3) is 0 Å². The van der Waals surface area contributed by atoms with Gasteiger partial charge in [0.05, 0.1) is 17.0 Å². The topological polar surface area (TPSA) is 119 Å². The standard InChI is InChI=1S/C19H19ClN6O3S/c1-12(23-30(28,29)17-9-5-14(20)6-10-17)19(27)21-15-4-2-3-13(11-15)18-22-24-25-26(18)16-7-8-16/h2-6,9-12,16,23H,7-8H2,1H3,(H,21,27)/t12-/m0/s1. The minimum absolute atomic E-state index is 0.0282. The van der Waals surface area contributed by atoms with Gasteiger partial charge in [-0.15, -0.1) is 5.10 Å². The molecule has 11 heteroatoms. The van der Waals surface area contributed by atoms with Crippen LogP contribution >= 0.6 is 11.6 Å². The Morgan fingerprint density at radius 3 is 2.63 bits per heavy atom. The lowest BCUT2D eigenvalue weighted by atomic mass is 10.2. The molecular formula is C19H19ClN6O3S. The average Bonchev–Trinajstić information content (AvgIpc) is 3.44. The van der Waals surface area contributed by atoms with E-state index in [1.165, 1.54) is 31.2 Å². The molecule has 0 bridgehead atoms. The molecule has 0 saturated heterocycles. The molecular weight excluding hydrogens is 428 g/mol. The number of nitrogens with zero attached hydrogens (tertiary/aromatic N) is 4. The fourth-order valence-electron chi connectivity index (χ4n) is 2.90. The molecule has 3 aromatic rings. The molecule has 30 heavy (non-hydrogen) atoms. The van der Waals surface area contributed by atoms with Crippen molar-refractivity contribution in [3.63, 3.8) is 0 Å². The zero-order chi connectivity index (χ0) is 21.3. The first-order chi connectivity index (χ1) is 14.3. The number of benzene rings is 2. The van der Waals surface area contributed by atoms with Crippen LogP contribution in [-0.4, -0.2) is 40.6 Å². The van der Waals surface area contributed by atoms with Gasteiger partial charge in [-0.2, -0.15) is 4.72 Å². The van der Waals surface area contributed by atoms with Crippen molar-refractivity contribution < 1.29 is 13.2 Å². The van der Waals surface area contributed by atoms with Gasteiger partial charge in [-0.1, -0.05) is 23.7 Å². The largest absolute Gasteiger partial charge is 0.325 e. The minimum atomic E-state index is -3.86. The van der Waals surface area contributed by atoms with E-state index in [1.807, 2.05) is 6.07 Å². The Hall–Kier alpha value is -2.82. The van der Waals surface area contributed by atoms with E-state index in [0.29, 0.717) is 22.6 Å². The van der Waals surface area contributed by atoms with Gasteiger partial charge in [0.1, 0.15) is 0 Å². The molecule has 0 radical (unpaired) electrons. The number of hydrogen-bond acceptors (Lipinski definition) is 6. The van der Waals surface area contributed by atoms with Gasteiger partial charge >= 0.3 is 0 Å². The lowest BCUT2D eigenvalue weighted by Crippen LogP contribution is -2.41. The van der Waals surface area contributed by atoms with Crippen LogP contribution in [-0.2, 0) is 14.8 Å². The third-order valence-corrected chi connectivity index (χ3v) is 6.43. The number of carbonyl (C=O) groups excluding carboxylic acids is 1. The highest BCUT2D eigenvalue weighted by molar-refractivity contribution is 7.89. The van der Waals surface area contributed by atoms with E-state index in [-0.39, 0.29) is 4.90 Å². The van der Waals surface area contributed by atoms with E-state index in [9.17, 15) is 13.2 Å². The summed E-state index contributed by atoms with van der Waals surface area (Å²) in [4.78, 5) is 12.6. The van der Waals surface area contributed by atoms with Crippen LogP contribution in [0, 0.1) is 0 Å². The highest BCUT2D eigenvalue weighted by Gasteiger charge is 2.28. The first-order valence-electron chi connectivity index (χ1n) is 9.30.